The molecule has 0 radical (unpaired) electrons. The number of hydrogen-bond donors (Lipinski definition) is 0. The molecule has 1 aliphatic rings. The summed E-state index contributed by atoms with van der Waals surface area (Å²) < 4.78 is 0. The molecular weight excluding hydrogens is 262 g/mol. The van der Waals surface area contributed by atoms with Gasteiger partial charge in [-0.1, -0.05) is 6.92 Å². The normalized spacial score (nSPS) is 25.3. The van der Waals surface area contributed by atoms with Crippen molar-refractivity contribution in [2.45, 2.75) is 39.0 Å². The van der Waals surface area contributed by atoms with E-state index in [9.17, 15) is 4.79 Å². The van der Waals surface area contributed by atoms with Crippen LogP contribution in [0, 0.1) is 13.8 Å². The highest BCUT2D eigenvalue weighted by Gasteiger charge is 2.27. The second-order valence-electron chi connectivity index (χ2n) is 5.04. The molecule has 0 N–H and O–H groups in total. The molecule has 1 saturated heterocycles. The second kappa shape index (κ2) is 5.76. The highest BCUT2D eigenvalue weighted by atomic mass is 32.2. The van der Waals surface area contributed by atoms with E-state index in [-0.39, 0.29) is 5.78 Å². The van der Waals surface area contributed by atoms with Crippen LogP contribution in [0.5, 0.6) is 0 Å². The van der Waals surface area contributed by atoms with E-state index in [1.165, 1.54) is 4.88 Å². The maximum Gasteiger partial charge on any atom is 0.177 e. The summed E-state index contributed by atoms with van der Waals surface area (Å²) in [5.74, 6) is 1.42. The van der Waals surface area contributed by atoms with Crippen LogP contribution in [-0.4, -0.2) is 40.8 Å². The third-order valence-corrected chi connectivity index (χ3v) is 6.01. The molecule has 2 heterocycles. The van der Waals surface area contributed by atoms with Crippen molar-refractivity contribution in [1.29, 1.82) is 0 Å². The van der Waals surface area contributed by atoms with Gasteiger partial charge < -0.3 is 0 Å². The van der Waals surface area contributed by atoms with E-state index in [1.54, 1.807) is 11.3 Å². The standard InChI is InChI=1S/C14H21NOS2/c1-9-7-13(12(4)18-9)14(16)8-15-5-6-17-11(3)10(15)2/h7,10-11H,5-6,8H2,1-4H3. The molecule has 2 rings (SSSR count). The maximum atomic E-state index is 12.4. The van der Waals surface area contributed by atoms with Crippen LogP contribution >= 0.6 is 23.1 Å². The number of aryl methyl sites for hydroxylation is 2. The van der Waals surface area contributed by atoms with Gasteiger partial charge >= 0.3 is 0 Å². The van der Waals surface area contributed by atoms with E-state index in [4.69, 9.17) is 0 Å². The zero-order chi connectivity index (χ0) is 13.3. The molecule has 1 fully saturated rings. The number of thiophene rings is 1. The predicted octanol–water partition coefficient (Wildman–Crippen LogP) is 3.37. The zero-order valence-corrected chi connectivity index (χ0v) is 13.2. The molecule has 0 spiro atoms. The zero-order valence-electron chi connectivity index (χ0n) is 11.5. The monoisotopic (exact) mass is 283 g/mol. The fourth-order valence-corrected chi connectivity index (χ4v) is 4.50. The molecule has 2 nitrogen and oxygen atoms in total. The Morgan fingerprint density at radius 1 is 1.44 bits per heavy atom. The third kappa shape index (κ3) is 2.98. The van der Waals surface area contributed by atoms with Gasteiger partial charge in [0.15, 0.2) is 5.78 Å². The number of hydrogen-bond acceptors (Lipinski definition) is 4. The van der Waals surface area contributed by atoms with Crippen molar-refractivity contribution in [2.24, 2.45) is 0 Å². The first-order chi connectivity index (χ1) is 8.49. The summed E-state index contributed by atoms with van der Waals surface area (Å²) in [5.41, 5.74) is 0.926. The van der Waals surface area contributed by atoms with Crippen molar-refractivity contribution < 1.29 is 4.79 Å². The van der Waals surface area contributed by atoms with Gasteiger partial charge in [-0.3, -0.25) is 9.69 Å². The van der Waals surface area contributed by atoms with Gasteiger partial charge in [0.2, 0.25) is 0 Å². The summed E-state index contributed by atoms with van der Waals surface area (Å²) in [5, 5.41) is 0.622. The van der Waals surface area contributed by atoms with Crippen molar-refractivity contribution in [3.8, 4) is 0 Å². The van der Waals surface area contributed by atoms with Crippen LogP contribution in [0.15, 0.2) is 6.07 Å². The highest BCUT2D eigenvalue weighted by molar-refractivity contribution is 8.00. The number of carbonyl (C=O) groups is 1. The van der Waals surface area contributed by atoms with Gasteiger partial charge in [0.25, 0.3) is 0 Å². The van der Waals surface area contributed by atoms with Crippen molar-refractivity contribution in [1.82, 2.24) is 4.90 Å². The molecular formula is C14H21NOS2. The topological polar surface area (TPSA) is 20.3 Å². The van der Waals surface area contributed by atoms with Crippen molar-refractivity contribution in [2.75, 3.05) is 18.8 Å². The third-order valence-electron chi connectivity index (χ3n) is 3.70. The predicted molar refractivity (Wildman–Crippen MR) is 81.1 cm³/mol. The minimum absolute atomic E-state index is 0.280. The first-order valence-corrected chi connectivity index (χ1v) is 8.31. The summed E-state index contributed by atoms with van der Waals surface area (Å²) in [4.78, 5) is 17.1. The maximum absolute atomic E-state index is 12.4. The smallest absolute Gasteiger partial charge is 0.177 e. The lowest BCUT2D eigenvalue weighted by atomic mass is 10.1. The highest BCUT2D eigenvalue weighted by Crippen LogP contribution is 2.26. The molecule has 0 amide bonds. The average Bonchev–Trinajstić information content (AvgIpc) is 2.64. The largest absolute Gasteiger partial charge is 0.293 e. The Hall–Kier alpha value is -0.320. The minimum Gasteiger partial charge on any atom is -0.293 e. The molecule has 4 heteroatoms. The lowest BCUT2D eigenvalue weighted by Gasteiger charge is -2.36. The molecule has 0 aliphatic carbocycles. The van der Waals surface area contributed by atoms with E-state index in [1.807, 2.05) is 24.8 Å². The molecule has 0 saturated carbocycles. The minimum atomic E-state index is 0.280. The number of ketones is 1. The summed E-state index contributed by atoms with van der Waals surface area (Å²) in [7, 11) is 0. The van der Waals surface area contributed by atoms with E-state index in [2.05, 4.69) is 25.7 Å². The first-order valence-electron chi connectivity index (χ1n) is 6.45. The Morgan fingerprint density at radius 2 is 2.17 bits per heavy atom. The van der Waals surface area contributed by atoms with Crippen LogP contribution in [0.1, 0.15) is 34.0 Å². The quantitative estimate of drug-likeness (QED) is 0.793. The van der Waals surface area contributed by atoms with Crippen molar-refractivity contribution >= 4 is 28.9 Å². The first kappa shape index (κ1) is 14.1. The van der Waals surface area contributed by atoms with Crippen LogP contribution < -0.4 is 0 Å². The van der Waals surface area contributed by atoms with Crippen molar-refractivity contribution in [3.05, 3.63) is 21.4 Å². The van der Waals surface area contributed by atoms with E-state index < -0.39 is 0 Å². The molecule has 100 valence electrons. The Labute approximate surface area is 118 Å². The number of Topliss-reactive ketones (excluding diaryl/α,β-unsaturated/α-hetero) is 1. The molecule has 18 heavy (non-hydrogen) atoms. The SMILES string of the molecule is Cc1cc(C(=O)CN2CCSC(C)C2C)c(C)s1. The van der Waals surface area contributed by atoms with Gasteiger partial charge in [-0.05, 0) is 26.8 Å². The Bertz CT molecular complexity index is 441. The number of rotatable bonds is 3. The lowest BCUT2D eigenvalue weighted by molar-refractivity contribution is 0.0902. The van der Waals surface area contributed by atoms with Gasteiger partial charge in [-0.15, -0.1) is 11.3 Å². The Balaban J connectivity index is 2.05. The summed E-state index contributed by atoms with van der Waals surface area (Å²) in [6.07, 6.45) is 0. The Morgan fingerprint density at radius 3 is 2.78 bits per heavy atom. The van der Waals surface area contributed by atoms with E-state index in [0.29, 0.717) is 17.8 Å². The molecule has 1 aliphatic heterocycles. The van der Waals surface area contributed by atoms with Crippen LogP contribution in [0.3, 0.4) is 0 Å². The Kier molecular flexibility index (Phi) is 4.51. The van der Waals surface area contributed by atoms with Gasteiger partial charge in [-0.25, -0.2) is 0 Å². The van der Waals surface area contributed by atoms with Crippen LogP contribution in [0.2, 0.25) is 0 Å². The van der Waals surface area contributed by atoms with Gasteiger partial charge in [0.1, 0.15) is 0 Å². The average molecular weight is 283 g/mol. The number of thioether (sulfide) groups is 1. The van der Waals surface area contributed by atoms with Crippen molar-refractivity contribution in [3.63, 3.8) is 0 Å². The lowest BCUT2D eigenvalue weighted by Crippen LogP contribution is -2.46. The van der Waals surface area contributed by atoms with Crippen LogP contribution in [0.25, 0.3) is 0 Å². The molecule has 2 unspecified atom stereocenters. The van der Waals surface area contributed by atoms with E-state index in [0.717, 1.165) is 22.7 Å². The van der Waals surface area contributed by atoms with Gasteiger partial charge in [-0.2, -0.15) is 11.8 Å². The summed E-state index contributed by atoms with van der Waals surface area (Å²) in [6, 6.07) is 2.53. The number of nitrogens with zero attached hydrogens (tertiary/aromatic N) is 1. The van der Waals surface area contributed by atoms with Crippen LogP contribution in [-0.2, 0) is 0 Å². The fourth-order valence-electron chi connectivity index (χ4n) is 2.40. The van der Waals surface area contributed by atoms with Gasteiger partial charge in [0, 0.05) is 38.9 Å². The van der Waals surface area contributed by atoms with E-state index >= 15 is 0 Å². The molecule has 0 bridgehead atoms. The summed E-state index contributed by atoms with van der Waals surface area (Å²) >= 11 is 3.73. The second-order valence-corrected chi connectivity index (χ2v) is 7.98. The van der Waals surface area contributed by atoms with Gasteiger partial charge in [0.05, 0.1) is 6.54 Å². The molecule has 1 aromatic rings. The summed E-state index contributed by atoms with van der Waals surface area (Å²) in [6.45, 7) is 10.2. The molecule has 1 aromatic heterocycles. The number of carbonyl (C=O) groups excluding carboxylic acids is 1. The fraction of sp³-hybridized carbons (Fsp3) is 0.643. The molecule has 0 aromatic carbocycles. The van der Waals surface area contributed by atoms with Crippen LogP contribution in [0.4, 0.5) is 0 Å². The molecule has 2 atom stereocenters.